The number of carbonyl (C=O) groups is 1. The van der Waals surface area contributed by atoms with Crippen LogP contribution in [0.3, 0.4) is 0 Å². The van der Waals surface area contributed by atoms with Crippen LogP contribution in [0.5, 0.6) is 0 Å². The van der Waals surface area contributed by atoms with E-state index in [9.17, 15) is 13.6 Å². The summed E-state index contributed by atoms with van der Waals surface area (Å²) in [6, 6.07) is -1.15. The molecule has 0 aromatic carbocycles. The molecule has 3 nitrogen and oxygen atoms in total. The van der Waals surface area contributed by atoms with Crippen molar-refractivity contribution in [1.29, 1.82) is 0 Å². The second-order valence-corrected chi connectivity index (χ2v) is 2.84. The molecule has 1 fully saturated rings. The number of carboxylic acids is 1. The predicted octanol–water partition coefficient (Wildman–Crippen LogP) is 0.865. The van der Waals surface area contributed by atoms with Crippen LogP contribution in [0.4, 0.5) is 8.78 Å². The molecule has 2 atom stereocenters. The van der Waals surface area contributed by atoms with E-state index in [1.807, 2.05) is 0 Å². The number of aliphatic carboxylic acids is 1. The van der Waals surface area contributed by atoms with Gasteiger partial charge in [0.05, 0.1) is 0 Å². The fraction of sp³-hybridized carbons (Fsp3) is 0.833. The van der Waals surface area contributed by atoms with Crippen molar-refractivity contribution in [3.8, 4) is 0 Å². The molecule has 1 aliphatic carbocycles. The van der Waals surface area contributed by atoms with E-state index in [4.69, 9.17) is 10.8 Å². The monoisotopic (exact) mass is 201 g/mol. The molecule has 0 amide bonds. The van der Waals surface area contributed by atoms with Crippen LogP contribution in [0.25, 0.3) is 0 Å². The summed E-state index contributed by atoms with van der Waals surface area (Å²) in [6.45, 7) is 0. The van der Waals surface area contributed by atoms with Gasteiger partial charge < -0.3 is 10.8 Å². The molecule has 1 rings (SSSR count). The molecule has 0 saturated heterocycles. The molecule has 0 spiro atoms. The summed E-state index contributed by atoms with van der Waals surface area (Å²) in [5, 5.41) is 8.26. The van der Waals surface area contributed by atoms with Crippen LogP contribution in [-0.4, -0.2) is 23.0 Å². The van der Waals surface area contributed by atoms with Gasteiger partial charge in [0.1, 0.15) is 6.04 Å². The zero-order chi connectivity index (χ0) is 8.65. The van der Waals surface area contributed by atoms with Crippen molar-refractivity contribution in [2.75, 3.05) is 0 Å². The number of halogens is 3. The Morgan fingerprint density at radius 3 is 2.42 bits per heavy atom. The van der Waals surface area contributed by atoms with Gasteiger partial charge in [0.15, 0.2) is 0 Å². The van der Waals surface area contributed by atoms with Gasteiger partial charge in [-0.2, -0.15) is 0 Å². The van der Waals surface area contributed by atoms with Gasteiger partial charge in [0.2, 0.25) is 0 Å². The maximum absolute atomic E-state index is 12.2. The Morgan fingerprint density at radius 1 is 1.75 bits per heavy atom. The standard InChI is InChI=1S/C6H9F2NO2.ClH/c7-6(8)2-3(6)1-4(9)5(10)11;/h3-4H,1-2,9H2,(H,10,11);1H. The highest BCUT2D eigenvalue weighted by Gasteiger charge is 2.57. The smallest absolute Gasteiger partial charge is 0.320 e. The van der Waals surface area contributed by atoms with E-state index in [0.29, 0.717) is 0 Å². The minimum atomic E-state index is -2.66. The third-order valence-electron chi connectivity index (χ3n) is 1.81. The number of alkyl halides is 2. The fourth-order valence-electron chi connectivity index (χ4n) is 0.933. The van der Waals surface area contributed by atoms with E-state index in [-0.39, 0.29) is 25.2 Å². The van der Waals surface area contributed by atoms with Crippen molar-refractivity contribution in [3.63, 3.8) is 0 Å². The first-order valence-corrected chi connectivity index (χ1v) is 3.29. The number of rotatable bonds is 3. The molecule has 1 aliphatic rings. The quantitative estimate of drug-likeness (QED) is 0.712. The van der Waals surface area contributed by atoms with Gasteiger partial charge in [-0.25, -0.2) is 8.78 Å². The Balaban J connectivity index is 0.00000121. The first-order chi connectivity index (χ1) is 4.93. The van der Waals surface area contributed by atoms with Crippen molar-refractivity contribution in [2.24, 2.45) is 11.7 Å². The van der Waals surface area contributed by atoms with Gasteiger partial charge in [-0.05, 0) is 6.42 Å². The Hall–Kier alpha value is -0.420. The molecule has 3 N–H and O–H groups in total. The molecule has 1 saturated carbocycles. The summed E-state index contributed by atoms with van der Waals surface area (Å²) in [5.74, 6) is -4.69. The molecule has 72 valence electrons. The van der Waals surface area contributed by atoms with E-state index in [1.165, 1.54) is 0 Å². The summed E-state index contributed by atoms with van der Waals surface area (Å²) in [6.07, 6.45) is -0.337. The van der Waals surface area contributed by atoms with Crippen LogP contribution in [0.1, 0.15) is 12.8 Å². The SMILES string of the molecule is Cl.NC(CC1CC1(F)F)C(=O)O. The highest BCUT2D eigenvalue weighted by Crippen LogP contribution is 2.50. The second-order valence-electron chi connectivity index (χ2n) is 2.84. The Morgan fingerprint density at radius 2 is 2.17 bits per heavy atom. The lowest BCUT2D eigenvalue weighted by atomic mass is 10.1. The molecule has 0 bridgehead atoms. The summed E-state index contributed by atoms with van der Waals surface area (Å²) in [7, 11) is 0. The number of hydrogen-bond acceptors (Lipinski definition) is 2. The van der Waals surface area contributed by atoms with Crippen molar-refractivity contribution < 1.29 is 18.7 Å². The predicted molar refractivity (Wildman–Crippen MR) is 40.5 cm³/mol. The van der Waals surface area contributed by atoms with Crippen molar-refractivity contribution in [3.05, 3.63) is 0 Å². The van der Waals surface area contributed by atoms with Crippen LogP contribution >= 0.6 is 12.4 Å². The van der Waals surface area contributed by atoms with Gasteiger partial charge in [0.25, 0.3) is 5.92 Å². The van der Waals surface area contributed by atoms with Crippen molar-refractivity contribution in [2.45, 2.75) is 24.8 Å². The highest BCUT2D eigenvalue weighted by molar-refractivity contribution is 5.85. The lowest BCUT2D eigenvalue weighted by Crippen LogP contribution is -2.31. The molecule has 0 heterocycles. The van der Waals surface area contributed by atoms with E-state index >= 15 is 0 Å². The maximum atomic E-state index is 12.2. The lowest BCUT2D eigenvalue weighted by molar-refractivity contribution is -0.138. The number of nitrogens with two attached hydrogens (primary N) is 1. The maximum Gasteiger partial charge on any atom is 0.320 e. The van der Waals surface area contributed by atoms with Crippen LogP contribution in [-0.2, 0) is 4.79 Å². The van der Waals surface area contributed by atoms with Gasteiger partial charge in [-0.1, -0.05) is 0 Å². The summed E-state index contributed by atoms with van der Waals surface area (Å²) >= 11 is 0. The molecular formula is C6H10ClF2NO2. The van der Waals surface area contributed by atoms with E-state index in [1.54, 1.807) is 0 Å². The minimum absolute atomic E-state index is 0. The topological polar surface area (TPSA) is 63.3 Å². The van der Waals surface area contributed by atoms with Gasteiger partial charge in [-0.15, -0.1) is 12.4 Å². The molecule has 0 aliphatic heterocycles. The van der Waals surface area contributed by atoms with E-state index < -0.39 is 23.9 Å². The van der Waals surface area contributed by atoms with E-state index in [0.717, 1.165) is 0 Å². The van der Waals surface area contributed by atoms with Crippen molar-refractivity contribution in [1.82, 2.24) is 0 Å². The molecule has 0 aromatic heterocycles. The van der Waals surface area contributed by atoms with Crippen LogP contribution in [0.2, 0.25) is 0 Å². The first-order valence-electron chi connectivity index (χ1n) is 3.29. The zero-order valence-electron chi connectivity index (χ0n) is 6.17. The average Bonchev–Trinajstić information content (AvgIpc) is 2.39. The van der Waals surface area contributed by atoms with Crippen LogP contribution in [0, 0.1) is 5.92 Å². The third kappa shape index (κ3) is 2.57. The summed E-state index contributed by atoms with van der Waals surface area (Å²) < 4.78 is 24.3. The Bertz CT molecular complexity index is 188. The molecule has 0 radical (unpaired) electrons. The Kier molecular flexibility index (Phi) is 3.41. The Labute approximate surface area is 74.3 Å². The van der Waals surface area contributed by atoms with Crippen LogP contribution in [0.15, 0.2) is 0 Å². The molecular weight excluding hydrogens is 192 g/mol. The minimum Gasteiger partial charge on any atom is -0.480 e. The molecule has 12 heavy (non-hydrogen) atoms. The number of hydrogen-bond donors (Lipinski definition) is 2. The average molecular weight is 202 g/mol. The summed E-state index contributed by atoms with van der Waals surface area (Å²) in [5.41, 5.74) is 5.05. The number of carboxylic acid groups (broad SMARTS) is 1. The molecule has 6 heteroatoms. The van der Waals surface area contributed by atoms with Crippen LogP contribution < -0.4 is 5.73 Å². The first kappa shape index (κ1) is 11.6. The fourth-order valence-corrected chi connectivity index (χ4v) is 0.933. The molecule has 2 unspecified atom stereocenters. The highest BCUT2D eigenvalue weighted by atomic mass is 35.5. The second kappa shape index (κ2) is 3.53. The van der Waals surface area contributed by atoms with Gasteiger partial charge in [-0.3, -0.25) is 4.79 Å². The molecule has 0 aromatic rings. The third-order valence-corrected chi connectivity index (χ3v) is 1.81. The normalized spacial score (nSPS) is 27.1. The largest absolute Gasteiger partial charge is 0.480 e. The van der Waals surface area contributed by atoms with E-state index in [2.05, 4.69) is 0 Å². The van der Waals surface area contributed by atoms with Gasteiger partial charge >= 0.3 is 5.97 Å². The van der Waals surface area contributed by atoms with Gasteiger partial charge in [0, 0.05) is 12.3 Å². The summed E-state index contributed by atoms with van der Waals surface area (Å²) in [4.78, 5) is 10.1. The van der Waals surface area contributed by atoms with Crippen molar-refractivity contribution >= 4 is 18.4 Å². The zero-order valence-corrected chi connectivity index (χ0v) is 6.98. The lowest BCUT2D eigenvalue weighted by Gasteiger charge is -2.03.